The van der Waals surface area contributed by atoms with Gasteiger partial charge in [-0.1, -0.05) is 240 Å². The Morgan fingerprint density at radius 1 is 0.302 bits per heavy atom. The van der Waals surface area contributed by atoms with Crippen LogP contribution < -0.4 is 5.73 Å². The Balaban J connectivity index is 3.76. The van der Waals surface area contributed by atoms with Gasteiger partial charge in [0, 0.05) is 0 Å². The molecule has 1 nitrogen and oxygen atoms in total. The maximum atomic E-state index is 6.53. The summed E-state index contributed by atoms with van der Waals surface area (Å²) in [4.78, 5) is 0. The van der Waals surface area contributed by atoms with Crippen molar-refractivity contribution in [3.8, 4) is 0 Å². The van der Waals surface area contributed by atoms with Gasteiger partial charge in [0.15, 0.2) is 0 Å². The van der Waals surface area contributed by atoms with E-state index in [2.05, 4.69) is 34.6 Å². The molecule has 0 aliphatic carbocycles. The summed E-state index contributed by atoms with van der Waals surface area (Å²) in [6.07, 6.45) is 49.0. The summed E-state index contributed by atoms with van der Waals surface area (Å²) in [6, 6.07) is 0. The molecule has 0 aromatic rings. The molecule has 0 unspecified atom stereocenters. The van der Waals surface area contributed by atoms with Crippen LogP contribution in [-0.2, 0) is 0 Å². The summed E-state index contributed by atoms with van der Waals surface area (Å²) >= 11 is 0. The SMILES string of the molecule is CCCCCCCCCCCCCCCCCCC(CN)(CCCCCCCCCCCCCCCCCC)C(C)(C)C. The molecule has 0 amide bonds. The average molecular weight is 606 g/mol. The van der Waals surface area contributed by atoms with E-state index in [1.54, 1.807) is 0 Å². The highest BCUT2D eigenvalue weighted by Gasteiger charge is 2.39. The monoisotopic (exact) mass is 606 g/mol. The molecule has 0 saturated heterocycles. The van der Waals surface area contributed by atoms with Crippen LogP contribution in [0.25, 0.3) is 0 Å². The summed E-state index contributed by atoms with van der Waals surface area (Å²) < 4.78 is 0. The Kier molecular flexibility index (Phi) is 31.9. The summed E-state index contributed by atoms with van der Waals surface area (Å²) in [5, 5.41) is 0. The summed E-state index contributed by atoms with van der Waals surface area (Å²) in [5.74, 6) is 0. The van der Waals surface area contributed by atoms with Crippen LogP contribution in [0.5, 0.6) is 0 Å². The first-order chi connectivity index (χ1) is 20.9. The van der Waals surface area contributed by atoms with Crippen LogP contribution in [0.1, 0.15) is 253 Å². The van der Waals surface area contributed by atoms with E-state index >= 15 is 0 Å². The lowest BCUT2D eigenvalue weighted by atomic mass is 9.61. The lowest BCUT2D eigenvalue weighted by molar-refractivity contribution is 0.0656. The van der Waals surface area contributed by atoms with Crippen molar-refractivity contribution >= 4 is 0 Å². The van der Waals surface area contributed by atoms with Gasteiger partial charge in [0.05, 0.1) is 0 Å². The number of unbranched alkanes of at least 4 members (excludes halogenated alkanes) is 30. The van der Waals surface area contributed by atoms with Gasteiger partial charge in [-0.3, -0.25) is 0 Å². The first kappa shape index (κ1) is 43.0. The van der Waals surface area contributed by atoms with Gasteiger partial charge < -0.3 is 5.73 Å². The highest BCUT2D eigenvalue weighted by Crippen LogP contribution is 2.46. The van der Waals surface area contributed by atoms with Crippen LogP contribution in [0, 0.1) is 10.8 Å². The quantitative estimate of drug-likeness (QED) is 0.0714. The molecule has 0 rings (SSSR count). The van der Waals surface area contributed by atoms with E-state index in [4.69, 9.17) is 5.73 Å². The van der Waals surface area contributed by atoms with E-state index in [1.165, 1.54) is 218 Å². The smallest absolute Gasteiger partial charge is 0.00155 e. The number of hydrogen-bond acceptors (Lipinski definition) is 1. The molecule has 0 heterocycles. The molecular weight excluding hydrogens is 518 g/mol. The molecule has 260 valence electrons. The second-order valence-electron chi connectivity index (χ2n) is 15.8. The van der Waals surface area contributed by atoms with Crippen molar-refractivity contribution in [3.63, 3.8) is 0 Å². The van der Waals surface area contributed by atoms with E-state index < -0.39 is 0 Å². The fourth-order valence-corrected chi connectivity index (χ4v) is 7.41. The molecule has 0 fully saturated rings. The largest absolute Gasteiger partial charge is 0.330 e. The molecule has 0 aliphatic rings. The normalized spacial score (nSPS) is 12.4. The van der Waals surface area contributed by atoms with Gasteiger partial charge in [-0.05, 0) is 30.2 Å². The molecule has 0 bridgehead atoms. The Labute approximate surface area is 275 Å². The number of hydrogen-bond donors (Lipinski definition) is 1. The van der Waals surface area contributed by atoms with Crippen LogP contribution in [-0.4, -0.2) is 6.54 Å². The third-order valence-corrected chi connectivity index (χ3v) is 11.0. The Bertz CT molecular complexity index is 481. The molecule has 43 heavy (non-hydrogen) atoms. The fraction of sp³-hybridized carbons (Fsp3) is 1.00. The summed E-state index contributed by atoms with van der Waals surface area (Å²) in [6.45, 7) is 12.9. The average Bonchev–Trinajstić information content (AvgIpc) is 2.99. The highest BCUT2D eigenvalue weighted by molar-refractivity contribution is 4.91. The van der Waals surface area contributed by atoms with Crippen molar-refractivity contribution in [2.45, 2.75) is 253 Å². The van der Waals surface area contributed by atoms with E-state index in [0.29, 0.717) is 10.8 Å². The zero-order valence-corrected chi connectivity index (χ0v) is 31.3. The van der Waals surface area contributed by atoms with Crippen molar-refractivity contribution < 1.29 is 0 Å². The third-order valence-electron chi connectivity index (χ3n) is 11.0. The molecular formula is C42H87N. The Hall–Kier alpha value is -0.0400. The predicted molar refractivity (Wildman–Crippen MR) is 199 cm³/mol. The topological polar surface area (TPSA) is 26.0 Å². The fourth-order valence-electron chi connectivity index (χ4n) is 7.41. The second-order valence-corrected chi connectivity index (χ2v) is 15.8. The first-order valence-corrected chi connectivity index (χ1v) is 20.6. The predicted octanol–water partition coefficient (Wildman–Crippen LogP) is 15.3. The molecule has 0 aliphatic heterocycles. The van der Waals surface area contributed by atoms with Crippen LogP contribution in [0.2, 0.25) is 0 Å². The van der Waals surface area contributed by atoms with Crippen molar-refractivity contribution in [3.05, 3.63) is 0 Å². The lowest BCUT2D eigenvalue weighted by Crippen LogP contribution is -2.42. The van der Waals surface area contributed by atoms with E-state index in [0.717, 1.165) is 6.54 Å². The molecule has 1 heteroatoms. The molecule has 2 N–H and O–H groups in total. The van der Waals surface area contributed by atoms with Crippen LogP contribution in [0.3, 0.4) is 0 Å². The van der Waals surface area contributed by atoms with Crippen molar-refractivity contribution in [1.82, 2.24) is 0 Å². The van der Waals surface area contributed by atoms with E-state index in [-0.39, 0.29) is 0 Å². The van der Waals surface area contributed by atoms with Gasteiger partial charge in [-0.25, -0.2) is 0 Å². The molecule has 0 aromatic carbocycles. The summed E-state index contributed by atoms with van der Waals surface area (Å²) in [5.41, 5.74) is 7.17. The van der Waals surface area contributed by atoms with Gasteiger partial charge in [-0.15, -0.1) is 0 Å². The van der Waals surface area contributed by atoms with Crippen LogP contribution >= 0.6 is 0 Å². The maximum absolute atomic E-state index is 6.53. The summed E-state index contributed by atoms with van der Waals surface area (Å²) in [7, 11) is 0. The number of rotatable bonds is 35. The first-order valence-electron chi connectivity index (χ1n) is 20.6. The second kappa shape index (κ2) is 31.9. The molecule has 0 atom stereocenters. The highest BCUT2D eigenvalue weighted by atomic mass is 14.6. The van der Waals surface area contributed by atoms with Gasteiger partial charge in [0.25, 0.3) is 0 Å². The van der Waals surface area contributed by atoms with Crippen molar-refractivity contribution in [1.29, 1.82) is 0 Å². The van der Waals surface area contributed by atoms with E-state index in [9.17, 15) is 0 Å². The molecule has 0 radical (unpaired) electrons. The third kappa shape index (κ3) is 26.8. The maximum Gasteiger partial charge on any atom is -0.00155 e. The zero-order valence-electron chi connectivity index (χ0n) is 31.3. The minimum atomic E-state index is 0.312. The van der Waals surface area contributed by atoms with E-state index in [1.807, 2.05) is 0 Å². The van der Waals surface area contributed by atoms with Gasteiger partial charge >= 0.3 is 0 Å². The Morgan fingerprint density at radius 3 is 0.651 bits per heavy atom. The molecule has 0 aromatic heterocycles. The van der Waals surface area contributed by atoms with Crippen molar-refractivity contribution in [2.24, 2.45) is 16.6 Å². The molecule has 0 spiro atoms. The minimum Gasteiger partial charge on any atom is -0.330 e. The molecule has 0 saturated carbocycles. The van der Waals surface area contributed by atoms with Gasteiger partial charge in [0.1, 0.15) is 0 Å². The number of nitrogens with two attached hydrogens (primary N) is 1. The van der Waals surface area contributed by atoms with Crippen LogP contribution in [0.4, 0.5) is 0 Å². The van der Waals surface area contributed by atoms with Gasteiger partial charge in [0.2, 0.25) is 0 Å². The lowest BCUT2D eigenvalue weighted by Gasteiger charge is -2.45. The standard InChI is InChI=1S/C42H87N/c1-6-8-10-12-14-16-18-20-22-24-26-28-30-32-34-36-38-42(40-43,41(3,4)5)39-37-35-33-31-29-27-25-23-21-19-17-15-13-11-9-7-2/h6-40,43H2,1-5H3. The van der Waals surface area contributed by atoms with Gasteiger partial charge in [-0.2, -0.15) is 0 Å². The van der Waals surface area contributed by atoms with Crippen LogP contribution in [0.15, 0.2) is 0 Å². The minimum absolute atomic E-state index is 0.312. The Morgan fingerprint density at radius 2 is 0.488 bits per heavy atom. The zero-order chi connectivity index (χ0) is 31.7. The van der Waals surface area contributed by atoms with Crippen molar-refractivity contribution in [2.75, 3.05) is 6.54 Å².